The van der Waals surface area contributed by atoms with Crippen molar-refractivity contribution in [3.8, 4) is 0 Å². The van der Waals surface area contributed by atoms with E-state index in [1.165, 1.54) is 33.8 Å². The van der Waals surface area contributed by atoms with Gasteiger partial charge in [0.05, 0.1) is 23.8 Å². The first-order valence-corrected chi connectivity index (χ1v) is 11.9. The second-order valence-corrected chi connectivity index (χ2v) is 9.41. The third-order valence-corrected chi connectivity index (χ3v) is 7.11. The van der Waals surface area contributed by atoms with E-state index in [-0.39, 0.29) is 24.2 Å². The number of anilines is 2. The van der Waals surface area contributed by atoms with Crippen molar-refractivity contribution in [2.45, 2.75) is 45.6 Å². The van der Waals surface area contributed by atoms with Gasteiger partial charge in [0, 0.05) is 25.3 Å². The number of halogens is 3. The lowest BCUT2D eigenvalue weighted by Crippen LogP contribution is -2.52. The summed E-state index contributed by atoms with van der Waals surface area (Å²) in [4.78, 5) is 19.4. The highest BCUT2D eigenvalue weighted by Crippen LogP contribution is 2.37. The fourth-order valence-electron chi connectivity index (χ4n) is 5.46. The molecule has 0 saturated carbocycles. The maximum absolute atomic E-state index is 13.8. The number of hydrogen-bond acceptors (Lipinski definition) is 2. The molecule has 2 heterocycles. The summed E-state index contributed by atoms with van der Waals surface area (Å²) in [5.41, 5.74) is 4.61. The molecule has 0 bridgehead atoms. The molecule has 0 aliphatic carbocycles. The van der Waals surface area contributed by atoms with Crippen molar-refractivity contribution in [2.75, 3.05) is 22.9 Å². The van der Waals surface area contributed by atoms with Crippen LogP contribution in [0.1, 0.15) is 34.2 Å². The quantitative estimate of drug-likeness (QED) is 0.425. The summed E-state index contributed by atoms with van der Waals surface area (Å²) < 4.78 is 41.0. The van der Waals surface area contributed by atoms with Gasteiger partial charge in [-0.05, 0) is 54.7 Å². The number of carbonyl (C=O) groups excluding carboxylic acids is 1. The van der Waals surface area contributed by atoms with Crippen LogP contribution in [-0.4, -0.2) is 30.1 Å². The Labute approximate surface area is 203 Å². The number of fused-ring (bicyclic) bond motifs is 1. The van der Waals surface area contributed by atoms with Crippen molar-refractivity contribution < 1.29 is 18.0 Å². The van der Waals surface area contributed by atoms with Gasteiger partial charge in [0.15, 0.2) is 0 Å². The molecule has 1 atom stereocenters. The number of amides is 2. The Morgan fingerprint density at radius 2 is 1.60 bits per heavy atom. The van der Waals surface area contributed by atoms with Crippen molar-refractivity contribution >= 4 is 17.4 Å². The number of aryl methyl sites for hydroxylation is 2. The van der Waals surface area contributed by atoms with Crippen molar-refractivity contribution in [3.63, 3.8) is 0 Å². The van der Waals surface area contributed by atoms with Gasteiger partial charge in [0.1, 0.15) is 0 Å². The summed E-state index contributed by atoms with van der Waals surface area (Å²) in [7, 11) is 0. The topological polar surface area (TPSA) is 26.8 Å². The molecule has 182 valence electrons. The SMILES string of the molecule is Cc1cccc(C)c1N1CC[C@H](N2Cc3ccccc3N(Cc3ccccc3C(F)(F)F)C2=O)C1. The van der Waals surface area contributed by atoms with E-state index in [2.05, 4.69) is 30.9 Å². The second kappa shape index (κ2) is 8.95. The summed E-state index contributed by atoms with van der Waals surface area (Å²) in [6.45, 7) is 6.05. The maximum Gasteiger partial charge on any atom is 0.416 e. The molecule has 0 aromatic heterocycles. The smallest absolute Gasteiger partial charge is 0.369 e. The Bertz CT molecular complexity index is 1240. The molecule has 0 radical (unpaired) electrons. The van der Waals surface area contributed by atoms with Crippen LogP contribution in [0.15, 0.2) is 66.7 Å². The van der Waals surface area contributed by atoms with Gasteiger partial charge in [-0.1, -0.05) is 54.6 Å². The van der Waals surface area contributed by atoms with Crippen LogP contribution >= 0.6 is 0 Å². The normalized spacial score (nSPS) is 18.3. The Morgan fingerprint density at radius 1 is 0.914 bits per heavy atom. The third-order valence-electron chi connectivity index (χ3n) is 7.11. The highest BCUT2D eigenvalue weighted by molar-refractivity contribution is 5.95. The molecule has 0 unspecified atom stereocenters. The van der Waals surface area contributed by atoms with E-state index in [0.29, 0.717) is 18.8 Å². The van der Waals surface area contributed by atoms with E-state index in [9.17, 15) is 18.0 Å². The lowest BCUT2D eigenvalue weighted by atomic mass is 10.0. The predicted molar refractivity (Wildman–Crippen MR) is 132 cm³/mol. The minimum absolute atomic E-state index is 0.0183. The summed E-state index contributed by atoms with van der Waals surface area (Å²) >= 11 is 0. The molecule has 0 N–H and O–H groups in total. The zero-order chi connectivity index (χ0) is 24.7. The molecule has 2 aliphatic heterocycles. The Balaban J connectivity index is 1.45. The van der Waals surface area contributed by atoms with Crippen LogP contribution in [0.25, 0.3) is 0 Å². The van der Waals surface area contributed by atoms with E-state index < -0.39 is 11.7 Å². The van der Waals surface area contributed by atoms with Crippen LogP contribution in [0.5, 0.6) is 0 Å². The molecule has 1 fully saturated rings. The number of carbonyl (C=O) groups is 1. The van der Waals surface area contributed by atoms with E-state index in [1.54, 1.807) is 6.07 Å². The molecular weight excluding hydrogens is 451 g/mol. The number of para-hydroxylation sites is 2. The van der Waals surface area contributed by atoms with Crippen LogP contribution in [-0.2, 0) is 19.3 Å². The van der Waals surface area contributed by atoms with Crippen LogP contribution in [0.3, 0.4) is 0 Å². The zero-order valence-corrected chi connectivity index (χ0v) is 19.8. The minimum Gasteiger partial charge on any atom is -0.369 e. The summed E-state index contributed by atoms with van der Waals surface area (Å²) in [5, 5.41) is 0. The molecule has 2 amide bonds. The summed E-state index contributed by atoms with van der Waals surface area (Å²) in [6.07, 6.45) is -3.67. The first-order chi connectivity index (χ1) is 16.7. The van der Waals surface area contributed by atoms with Crippen molar-refractivity contribution in [1.82, 2.24) is 4.90 Å². The number of urea groups is 1. The maximum atomic E-state index is 13.8. The van der Waals surface area contributed by atoms with Gasteiger partial charge in [0.2, 0.25) is 0 Å². The highest BCUT2D eigenvalue weighted by Gasteiger charge is 2.39. The monoisotopic (exact) mass is 479 g/mol. The molecule has 2 aliphatic rings. The Kier molecular flexibility index (Phi) is 5.95. The molecule has 5 rings (SSSR count). The van der Waals surface area contributed by atoms with Gasteiger partial charge in [-0.2, -0.15) is 13.2 Å². The predicted octanol–water partition coefficient (Wildman–Crippen LogP) is 6.54. The number of rotatable bonds is 4. The van der Waals surface area contributed by atoms with Crippen LogP contribution in [0, 0.1) is 13.8 Å². The Hall–Kier alpha value is -3.48. The van der Waals surface area contributed by atoms with Crippen molar-refractivity contribution in [2.24, 2.45) is 0 Å². The first-order valence-electron chi connectivity index (χ1n) is 11.9. The van der Waals surface area contributed by atoms with Gasteiger partial charge < -0.3 is 9.80 Å². The second-order valence-electron chi connectivity index (χ2n) is 9.41. The highest BCUT2D eigenvalue weighted by atomic mass is 19.4. The van der Waals surface area contributed by atoms with Gasteiger partial charge >= 0.3 is 12.2 Å². The summed E-state index contributed by atoms with van der Waals surface area (Å²) in [6, 6.07) is 19.0. The van der Waals surface area contributed by atoms with Gasteiger partial charge in [0.25, 0.3) is 0 Å². The fourth-order valence-corrected chi connectivity index (χ4v) is 5.46. The minimum atomic E-state index is -4.48. The zero-order valence-electron chi connectivity index (χ0n) is 19.8. The third kappa shape index (κ3) is 4.35. The van der Waals surface area contributed by atoms with Gasteiger partial charge in [-0.25, -0.2) is 4.79 Å². The standard InChI is InChI=1S/C28H28F3N3O/c1-19-8-7-9-20(2)26(19)32-15-14-23(18-32)33-17-22-11-4-6-13-25(22)34(27(33)35)16-21-10-3-5-12-24(21)28(29,30)31/h3-13,23H,14-18H2,1-2H3/t23-/m0/s1. The van der Waals surface area contributed by atoms with Crippen LogP contribution in [0.4, 0.5) is 29.3 Å². The first kappa shape index (κ1) is 23.3. The van der Waals surface area contributed by atoms with Crippen molar-refractivity contribution in [1.29, 1.82) is 0 Å². The molecule has 3 aromatic rings. The average molecular weight is 480 g/mol. The van der Waals surface area contributed by atoms with Crippen LogP contribution < -0.4 is 9.80 Å². The van der Waals surface area contributed by atoms with Gasteiger partial charge in [-0.3, -0.25) is 4.90 Å². The van der Waals surface area contributed by atoms with Gasteiger partial charge in [-0.15, -0.1) is 0 Å². The fraction of sp³-hybridized carbons (Fsp3) is 0.321. The van der Waals surface area contributed by atoms with E-state index in [4.69, 9.17) is 0 Å². The Morgan fingerprint density at radius 3 is 2.34 bits per heavy atom. The molecule has 0 spiro atoms. The number of nitrogens with zero attached hydrogens (tertiary/aromatic N) is 3. The number of benzene rings is 3. The van der Waals surface area contributed by atoms with E-state index in [0.717, 1.165) is 24.6 Å². The lowest BCUT2D eigenvalue weighted by molar-refractivity contribution is -0.138. The number of alkyl halides is 3. The van der Waals surface area contributed by atoms with E-state index >= 15 is 0 Å². The molecule has 7 heteroatoms. The largest absolute Gasteiger partial charge is 0.416 e. The molecular formula is C28H28F3N3O. The van der Waals surface area contributed by atoms with E-state index in [1.807, 2.05) is 35.2 Å². The lowest BCUT2D eigenvalue weighted by Gasteiger charge is -2.40. The van der Waals surface area contributed by atoms with Crippen LogP contribution in [0.2, 0.25) is 0 Å². The van der Waals surface area contributed by atoms with Crippen molar-refractivity contribution in [3.05, 3.63) is 94.5 Å². The molecule has 3 aromatic carbocycles. The summed E-state index contributed by atoms with van der Waals surface area (Å²) in [5.74, 6) is 0. The number of hydrogen-bond donors (Lipinski definition) is 0. The molecule has 1 saturated heterocycles. The molecule has 4 nitrogen and oxygen atoms in total. The average Bonchev–Trinajstić information content (AvgIpc) is 3.29. The molecule has 35 heavy (non-hydrogen) atoms.